The molecule has 1 atom stereocenters. The van der Waals surface area contributed by atoms with Crippen molar-refractivity contribution in [2.24, 2.45) is 11.8 Å². The molecular weight excluding hydrogens is 240 g/mol. The molecule has 20 heavy (non-hydrogen) atoms. The van der Waals surface area contributed by atoms with Crippen molar-refractivity contribution in [2.45, 2.75) is 103 Å². The van der Waals surface area contributed by atoms with Crippen LogP contribution in [-0.4, -0.2) is 0 Å². The number of unbranched alkanes of at least 4 members (excludes halogenated alkanes) is 3. The van der Waals surface area contributed by atoms with Gasteiger partial charge in [-0.2, -0.15) is 0 Å². The van der Waals surface area contributed by atoms with E-state index in [0.717, 1.165) is 11.8 Å². The zero-order valence-electron chi connectivity index (χ0n) is 14.0. The zero-order chi connectivity index (χ0) is 14.5. The van der Waals surface area contributed by atoms with Gasteiger partial charge in [-0.3, -0.25) is 0 Å². The van der Waals surface area contributed by atoms with Crippen LogP contribution in [0.4, 0.5) is 0 Å². The van der Waals surface area contributed by atoms with Crippen LogP contribution in [0.3, 0.4) is 0 Å². The van der Waals surface area contributed by atoms with Crippen molar-refractivity contribution < 1.29 is 0 Å². The molecule has 1 rings (SSSR count). The Bertz CT molecular complexity index is 208. The highest BCUT2D eigenvalue weighted by Crippen LogP contribution is 2.32. The van der Waals surface area contributed by atoms with Crippen LogP contribution in [-0.2, 0) is 0 Å². The Balaban J connectivity index is 2.40. The Hall–Kier alpha value is -0.260. The van der Waals surface area contributed by atoms with E-state index in [1.165, 1.54) is 96.3 Å². The van der Waals surface area contributed by atoms with Crippen molar-refractivity contribution in [2.75, 3.05) is 0 Å². The second-order valence-electron chi connectivity index (χ2n) is 6.95. The van der Waals surface area contributed by atoms with Crippen LogP contribution in [0.15, 0.2) is 12.7 Å². The average molecular weight is 279 g/mol. The standard InChI is InChI=1S/C20H38/c1-3-5-6-12-16-19(15-4-2)20-17-13-10-8-7-9-11-14-18-20/h4,19-20H,2-3,5-18H2,1H3. The van der Waals surface area contributed by atoms with Gasteiger partial charge in [0.2, 0.25) is 0 Å². The molecule has 0 heterocycles. The van der Waals surface area contributed by atoms with Crippen molar-refractivity contribution in [1.29, 1.82) is 0 Å². The van der Waals surface area contributed by atoms with Gasteiger partial charge in [0.15, 0.2) is 0 Å². The zero-order valence-corrected chi connectivity index (χ0v) is 14.0. The maximum Gasteiger partial charge on any atom is -0.0322 e. The van der Waals surface area contributed by atoms with Gasteiger partial charge in [0.25, 0.3) is 0 Å². The van der Waals surface area contributed by atoms with Gasteiger partial charge < -0.3 is 0 Å². The Labute approximate surface area is 128 Å². The van der Waals surface area contributed by atoms with E-state index in [9.17, 15) is 0 Å². The van der Waals surface area contributed by atoms with E-state index in [4.69, 9.17) is 0 Å². The fourth-order valence-electron chi connectivity index (χ4n) is 3.91. The van der Waals surface area contributed by atoms with Crippen LogP contribution in [0.25, 0.3) is 0 Å². The number of hydrogen-bond donors (Lipinski definition) is 0. The first-order chi connectivity index (χ1) is 9.88. The SMILES string of the molecule is C=CCC(CCCCCC)C1CCCCCCCCC1. The number of allylic oxidation sites excluding steroid dienone is 1. The molecule has 0 spiro atoms. The summed E-state index contributed by atoms with van der Waals surface area (Å²) >= 11 is 0. The summed E-state index contributed by atoms with van der Waals surface area (Å²) in [6.45, 7) is 6.32. The summed E-state index contributed by atoms with van der Waals surface area (Å²) in [6.07, 6.45) is 23.9. The quantitative estimate of drug-likeness (QED) is 0.323. The molecular formula is C20H38. The average Bonchev–Trinajstić information content (AvgIpc) is 2.48. The molecule has 0 amide bonds. The number of rotatable bonds is 8. The minimum atomic E-state index is 0.934. The summed E-state index contributed by atoms with van der Waals surface area (Å²) in [6, 6.07) is 0. The molecule has 0 bridgehead atoms. The predicted molar refractivity (Wildman–Crippen MR) is 92.1 cm³/mol. The molecule has 0 N–H and O–H groups in total. The van der Waals surface area contributed by atoms with Gasteiger partial charge in [-0.05, 0) is 24.7 Å². The van der Waals surface area contributed by atoms with E-state index >= 15 is 0 Å². The molecule has 118 valence electrons. The Kier molecular flexibility index (Phi) is 11.1. The van der Waals surface area contributed by atoms with Crippen LogP contribution in [0.5, 0.6) is 0 Å². The molecule has 0 aromatic heterocycles. The largest absolute Gasteiger partial charge is 0.103 e. The predicted octanol–water partition coefficient (Wildman–Crippen LogP) is 7.29. The van der Waals surface area contributed by atoms with Crippen molar-refractivity contribution in [3.05, 3.63) is 12.7 Å². The second-order valence-corrected chi connectivity index (χ2v) is 6.95. The van der Waals surface area contributed by atoms with Crippen LogP contribution >= 0.6 is 0 Å². The van der Waals surface area contributed by atoms with E-state index < -0.39 is 0 Å². The second kappa shape index (κ2) is 12.5. The maximum atomic E-state index is 4.02. The summed E-state index contributed by atoms with van der Waals surface area (Å²) < 4.78 is 0. The van der Waals surface area contributed by atoms with Crippen molar-refractivity contribution in [3.8, 4) is 0 Å². The lowest BCUT2D eigenvalue weighted by atomic mass is 9.78. The van der Waals surface area contributed by atoms with E-state index in [1.54, 1.807) is 0 Å². The molecule has 1 aliphatic rings. The minimum Gasteiger partial charge on any atom is -0.103 e. The molecule has 0 heteroatoms. The van der Waals surface area contributed by atoms with Gasteiger partial charge in [0.05, 0.1) is 0 Å². The summed E-state index contributed by atoms with van der Waals surface area (Å²) in [5.41, 5.74) is 0. The molecule has 0 aromatic carbocycles. The lowest BCUT2D eigenvalue weighted by Gasteiger charge is -2.27. The van der Waals surface area contributed by atoms with Gasteiger partial charge in [0, 0.05) is 0 Å². The fraction of sp³-hybridized carbons (Fsp3) is 0.900. The van der Waals surface area contributed by atoms with E-state index in [0.29, 0.717) is 0 Å². The first kappa shape index (κ1) is 17.8. The molecule has 0 aliphatic heterocycles. The normalized spacial score (nSPS) is 20.4. The molecule has 0 radical (unpaired) electrons. The van der Waals surface area contributed by atoms with Crippen LogP contribution in [0, 0.1) is 11.8 Å². The van der Waals surface area contributed by atoms with Gasteiger partial charge in [-0.15, -0.1) is 6.58 Å². The minimum absolute atomic E-state index is 0.934. The first-order valence-electron chi connectivity index (χ1n) is 9.49. The summed E-state index contributed by atoms with van der Waals surface area (Å²) in [7, 11) is 0. The van der Waals surface area contributed by atoms with E-state index in [1.807, 2.05) is 0 Å². The fourth-order valence-corrected chi connectivity index (χ4v) is 3.91. The lowest BCUT2D eigenvalue weighted by molar-refractivity contribution is 0.253. The van der Waals surface area contributed by atoms with Crippen LogP contribution < -0.4 is 0 Å². The third-order valence-electron chi connectivity index (χ3n) is 5.21. The molecule has 0 aromatic rings. The molecule has 1 saturated carbocycles. The Morgan fingerprint density at radius 3 is 2.05 bits per heavy atom. The summed E-state index contributed by atoms with van der Waals surface area (Å²) in [5, 5.41) is 0. The van der Waals surface area contributed by atoms with Gasteiger partial charge >= 0.3 is 0 Å². The number of hydrogen-bond acceptors (Lipinski definition) is 0. The Morgan fingerprint density at radius 2 is 1.50 bits per heavy atom. The third-order valence-corrected chi connectivity index (χ3v) is 5.21. The summed E-state index contributed by atoms with van der Waals surface area (Å²) in [4.78, 5) is 0. The highest BCUT2D eigenvalue weighted by atomic mass is 14.3. The molecule has 0 nitrogen and oxygen atoms in total. The molecule has 1 unspecified atom stereocenters. The van der Waals surface area contributed by atoms with E-state index in [2.05, 4.69) is 19.6 Å². The van der Waals surface area contributed by atoms with Gasteiger partial charge in [-0.1, -0.05) is 96.5 Å². The highest BCUT2D eigenvalue weighted by Gasteiger charge is 2.20. The monoisotopic (exact) mass is 278 g/mol. The summed E-state index contributed by atoms with van der Waals surface area (Å²) in [5.74, 6) is 1.93. The first-order valence-corrected chi connectivity index (χ1v) is 9.49. The van der Waals surface area contributed by atoms with Crippen molar-refractivity contribution in [3.63, 3.8) is 0 Å². The van der Waals surface area contributed by atoms with Crippen molar-refractivity contribution >= 4 is 0 Å². The molecule has 0 saturated heterocycles. The smallest absolute Gasteiger partial charge is 0.0322 e. The lowest BCUT2D eigenvalue weighted by Crippen LogP contribution is -2.15. The highest BCUT2D eigenvalue weighted by molar-refractivity contribution is 4.79. The van der Waals surface area contributed by atoms with Gasteiger partial charge in [-0.25, -0.2) is 0 Å². The van der Waals surface area contributed by atoms with Crippen LogP contribution in [0.1, 0.15) is 103 Å². The van der Waals surface area contributed by atoms with E-state index in [-0.39, 0.29) is 0 Å². The molecule has 1 fully saturated rings. The van der Waals surface area contributed by atoms with Crippen molar-refractivity contribution in [1.82, 2.24) is 0 Å². The topological polar surface area (TPSA) is 0 Å². The Morgan fingerprint density at radius 1 is 0.900 bits per heavy atom. The maximum absolute atomic E-state index is 4.02. The third kappa shape index (κ3) is 8.12. The van der Waals surface area contributed by atoms with Crippen LogP contribution in [0.2, 0.25) is 0 Å². The molecule has 1 aliphatic carbocycles. The van der Waals surface area contributed by atoms with Gasteiger partial charge in [0.1, 0.15) is 0 Å².